The SMILES string of the molecule is O=C(C[n+]1ccc(-c2ccncc2)cc1)c1ccccc1. The summed E-state index contributed by atoms with van der Waals surface area (Å²) in [7, 11) is 0. The van der Waals surface area contributed by atoms with Crippen LogP contribution in [0.2, 0.25) is 0 Å². The van der Waals surface area contributed by atoms with Gasteiger partial charge in [0.2, 0.25) is 12.3 Å². The minimum atomic E-state index is 0.109. The molecule has 0 unspecified atom stereocenters. The Hall–Kier alpha value is -2.81. The van der Waals surface area contributed by atoms with Crippen LogP contribution in [-0.4, -0.2) is 10.8 Å². The van der Waals surface area contributed by atoms with E-state index < -0.39 is 0 Å². The molecule has 3 heteroatoms. The third kappa shape index (κ3) is 3.20. The van der Waals surface area contributed by atoms with Crippen molar-refractivity contribution in [2.75, 3.05) is 0 Å². The first-order valence-corrected chi connectivity index (χ1v) is 6.81. The summed E-state index contributed by atoms with van der Waals surface area (Å²) in [4.78, 5) is 16.2. The molecule has 0 aliphatic rings. The maximum absolute atomic E-state index is 12.1. The molecule has 0 amide bonds. The van der Waals surface area contributed by atoms with Gasteiger partial charge >= 0.3 is 0 Å². The van der Waals surface area contributed by atoms with Crippen LogP contribution in [0.1, 0.15) is 10.4 Å². The first-order valence-electron chi connectivity index (χ1n) is 6.81. The second kappa shape index (κ2) is 6.09. The van der Waals surface area contributed by atoms with E-state index in [1.807, 2.05) is 71.6 Å². The fraction of sp³-hybridized carbons (Fsp3) is 0.0556. The van der Waals surface area contributed by atoms with Gasteiger partial charge < -0.3 is 0 Å². The normalized spacial score (nSPS) is 10.3. The van der Waals surface area contributed by atoms with Crippen LogP contribution in [0.15, 0.2) is 79.4 Å². The van der Waals surface area contributed by atoms with Crippen molar-refractivity contribution in [3.8, 4) is 11.1 Å². The van der Waals surface area contributed by atoms with Gasteiger partial charge in [-0.1, -0.05) is 30.3 Å². The van der Waals surface area contributed by atoms with Crippen molar-refractivity contribution >= 4 is 5.78 Å². The van der Waals surface area contributed by atoms with Gasteiger partial charge in [-0.25, -0.2) is 0 Å². The zero-order valence-electron chi connectivity index (χ0n) is 11.5. The lowest BCUT2D eigenvalue weighted by Gasteiger charge is -2.01. The molecule has 0 radical (unpaired) electrons. The van der Waals surface area contributed by atoms with E-state index in [0.717, 1.165) is 16.7 Å². The molecule has 0 fully saturated rings. The predicted octanol–water partition coefficient (Wildman–Crippen LogP) is 2.92. The van der Waals surface area contributed by atoms with Gasteiger partial charge in [-0.15, -0.1) is 0 Å². The van der Waals surface area contributed by atoms with Gasteiger partial charge in [0.15, 0.2) is 12.4 Å². The van der Waals surface area contributed by atoms with Crippen molar-refractivity contribution in [2.24, 2.45) is 0 Å². The van der Waals surface area contributed by atoms with E-state index in [9.17, 15) is 4.79 Å². The zero-order chi connectivity index (χ0) is 14.5. The Morgan fingerprint density at radius 3 is 2.14 bits per heavy atom. The quantitative estimate of drug-likeness (QED) is 0.542. The number of Topliss-reactive ketones (excluding diaryl/α,β-unsaturated/α-hetero) is 1. The topological polar surface area (TPSA) is 33.8 Å². The molecule has 0 saturated heterocycles. The van der Waals surface area contributed by atoms with E-state index in [4.69, 9.17) is 0 Å². The number of pyridine rings is 2. The number of benzene rings is 1. The minimum Gasteiger partial charge on any atom is -0.287 e. The molecule has 3 aromatic rings. The Kier molecular flexibility index (Phi) is 3.83. The number of nitrogens with zero attached hydrogens (tertiary/aromatic N) is 2. The molecular formula is C18H15N2O+. The van der Waals surface area contributed by atoms with E-state index in [0.29, 0.717) is 6.54 Å². The van der Waals surface area contributed by atoms with E-state index in [1.165, 1.54) is 0 Å². The lowest BCUT2D eigenvalue weighted by Crippen LogP contribution is -2.37. The van der Waals surface area contributed by atoms with Crippen molar-refractivity contribution in [1.82, 2.24) is 4.98 Å². The molecule has 3 rings (SSSR count). The number of carbonyl (C=O) groups excluding carboxylic acids is 1. The van der Waals surface area contributed by atoms with Crippen molar-refractivity contribution in [2.45, 2.75) is 6.54 Å². The molecule has 0 atom stereocenters. The Morgan fingerprint density at radius 2 is 1.48 bits per heavy atom. The monoisotopic (exact) mass is 275 g/mol. The Morgan fingerprint density at radius 1 is 0.857 bits per heavy atom. The maximum Gasteiger partial charge on any atom is 0.227 e. The molecule has 1 aromatic carbocycles. The Labute approximate surface area is 123 Å². The number of hydrogen-bond donors (Lipinski definition) is 0. The molecule has 0 aliphatic carbocycles. The second-order valence-electron chi connectivity index (χ2n) is 4.78. The van der Waals surface area contributed by atoms with Gasteiger partial charge in [-0.2, -0.15) is 4.57 Å². The number of carbonyl (C=O) groups is 1. The van der Waals surface area contributed by atoms with Crippen molar-refractivity contribution in [3.05, 3.63) is 84.9 Å². The summed E-state index contributed by atoms with van der Waals surface area (Å²) in [5.41, 5.74) is 2.97. The highest BCUT2D eigenvalue weighted by molar-refractivity contribution is 5.94. The molecule has 0 N–H and O–H groups in total. The molecule has 0 saturated carbocycles. The highest BCUT2D eigenvalue weighted by atomic mass is 16.1. The molecule has 0 spiro atoms. The second-order valence-corrected chi connectivity index (χ2v) is 4.78. The smallest absolute Gasteiger partial charge is 0.227 e. The summed E-state index contributed by atoms with van der Waals surface area (Å²) in [6.45, 7) is 0.348. The van der Waals surface area contributed by atoms with E-state index in [1.54, 1.807) is 12.4 Å². The highest BCUT2D eigenvalue weighted by Crippen LogP contribution is 2.15. The van der Waals surface area contributed by atoms with Crippen LogP contribution in [0.3, 0.4) is 0 Å². The average molecular weight is 275 g/mol. The molecule has 2 heterocycles. The molecule has 102 valence electrons. The molecule has 2 aromatic heterocycles. The fourth-order valence-corrected chi connectivity index (χ4v) is 2.18. The lowest BCUT2D eigenvalue weighted by molar-refractivity contribution is -0.683. The van der Waals surface area contributed by atoms with Gasteiger partial charge in [-0.05, 0) is 23.3 Å². The molecule has 0 aliphatic heterocycles. The summed E-state index contributed by atoms with van der Waals surface area (Å²) in [5.74, 6) is 0.109. The number of ketones is 1. The highest BCUT2D eigenvalue weighted by Gasteiger charge is 2.11. The molecule has 21 heavy (non-hydrogen) atoms. The van der Waals surface area contributed by atoms with Crippen molar-refractivity contribution in [3.63, 3.8) is 0 Å². The lowest BCUT2D eigenvalue weighted by atomic mass is 10.1. The predicted molar refractivity (Wildman–Crippen MR) is 80.6 cm³/mol. The fourth-order valence-electron chi connectivity index (χ4n) is 2.18. The van der Waals surface area contributed by atoms with Crippen LogP contribution < -0.4 is 4.57 Å². The standard InChI is InChI=1S/C18H15N2O/c21-18(17-4-2-1-3-5-17)14-20-12-8-16(9-13-20)15-6-10-19-11-7-15/h1-13H,14H2/q+1. The average Bonchev–Trinajstić information content (AvgIpc) is 2.57. The van der Waals surface area contributed by atoms with Gasteiger partial charge in [0, 0.05) is 30.1 Å². The first-order chi connectivity index (χ1) is 10.3. The van der Waals surface area contributed by atoms with Crippen LogP contribution in [0.25, 0.3) is 11.1 Å². The van der Waals surface area contributed by atoms with Gasteiger partial charge in [-0.3, -0.25) is 9.78 Å². The summed E-state index contributed by atoms with van der Waals surface area (Å²) in [5, 5.41) is 0. The third-order valence-corrected chi connectivity index (χ3v) is 3.33. The largest absolute Gasteiger partial charge is 0.287 e. The van der Waals surface area contributed by atoms with E-state index >= 15 is 0 Å². The van der Waals surface area contributed by atoms with Gasteiger partial charge in [0.05, 0.1) is 0 Å². The van der Waals surface area contributed by atoms with Crippen LogP contribution in [-0.2, 0) is 6.54 Å². The van der Waals surface area contributed by atoms with Crippen molar-refractivity contribution < 1.29 is 9.36 Å². The zero-order valence-corrected chi connectivity index (χ0v) is 11.5. The minimum absolute atomic E-state index is 0.109. The van der Waals surface area contributed by atoms with E-state index in [-0.39, 0.29) is 5.78 Å². The molecule has 0 bridgehead atoms. The summed E-state index contributed by atoms with van der Waals surface area (Å²) < 4.78 is 1.89. The van der Waals surface area contributed by atoms with Gasteiger partial charge in [0.1, 0.15) is 0 Å². The van der Waals surface area contributed by atoms with Crippen LogP contribution in [0, 0.1) is 0 Å². The van der Waals surface area contributed by atoms with E-state index in [2.05, 4.69) is 4.98 Å². The van der Waals surface area contributed by atoms with Crippen LogP contribution in [0.4, 0.5) is 0 Å². The van der Waals surface area contributed by atoms with Crippen molar-refractivity contribution in [1.29, 1.82) is 0 Å². The van der Waals surface area contributed by atoms with Crippen LogP contribution in [0.5, 0.6) is 0 Å². The third-order valence-electron chi connectivity index (χ3n) is 3.33. The first kappa shape index (κ1) is 13.2. The Balaban J connectivity index is 1.75. The molecular weight excluding hydrogens is 260 g/mol. The number of aromatic nitrogens is 2. The van der Waals surface area contributed by atoms with Gasteiger partial charge in [0.25, 0.3) is 0 Å². The maximum atomic E-state index is 12.1. The summed E-state index contributed by atoms with van der Waals surface area (Å²) in [6.07, 6.45) is 7.40. The molecule has 3 nitrogen and oxygen atoms in total. The summed E-state index contributed by atoms with van der Waals surface area (Å²) >= 11 is 0. The Bertz CT molecular complexity index is 722. The van der Waals surface area contributed by atoms with Crippen LogP contribution >= 0.6 is 0 Å². The number of hydrogen-bond acceptors (Lipinski definition) is 2. The number of rotatable bonds is 4. The summed E-state index contributed by atoms with van der Waals surface area (Å²) in [6, 6.07) is 17.3.